The maximum atomic E-state index is 5.44. The molecule has 1 heterocycles. The number of hydrogen-bond donors (Lipinski definition) is 1. The number of para-hydroxylation sites is 2. The molecule has 1 N–H and O–H groups in total. The first-order valence-electron chi connectivity index (χ1n) is 8.07. The molecule has 1 aromatic rings. The van der Waals surface area contributed by atoms with E-state index in [0.717, 1.165) is 32.8 Å². The molecule has 0 unspecified atom stereocenters. The van der Waals surface area contributed by atoms with Crippen molar-refractivity contribution >= 4 is 11.4 Å². The Morgan fingerprint density at radius 1 is 1.05 bits per heavy atom. The van der Waals surface area contributed by atoms with Crippen LogP contribution < -0.4 is 10.2 Å². The van der Waals surface area contributed by atoms with Gasteiger partial charge in [-0.25, -0.2) is 0 Å². The van der Waals surface area contributed by atoms with Crippen LogP contribution in [0.15, 0.2) is 24.3 Å². The fourth-order valence-corrected chi connectivity index (χ4v) is 2.65. The third-order valence-corrected chi connectivity index (χ3v) is 3.85. The second-order valence-corrected chi connectivity index (χ2v) is 5.46. The Labute approximate surface area is 123 Å². The minimum Gasteiger partial charge on any atom is -0.383 e. The summed E-state index contributed by atoms with van der Waals surface area (Å²) in [5, 5.41) is 3.60. The number of rotatable bonds is 8. The zero-order valence-electron chi connectivity index (χ0n) is 12.7. The van der Waals surface area contributed by atoms with Crippen LogP contribution in [0.3, 0.4) is 0 Å². The lowest BCUT2D eigenvalue weighted by atomic mass is 10.1. The topological polar surface area (TPSA) is 24.5 Å². The molecule has 1 aliphatic heterocycles. The summed E-state index contributed by atoms with van der Waals surface area (Å²) in [5.41, 5.74) is 2.59. The summed E-state index contributed by atoms with van der Waals surface area (Å²) < 4.78 is 5.44. The van der Waals surface area contributed by atoms with Gasteiger partial charge in [0.05, 0.1) is 24.6 Å². The molecule has 0 aliphatic carbocycles. The standard InChI is InChI=1S/C17H28N2O/c1-2-3-4-5-8-11-18-16-9-6-7-10-17(16)19-12-14-20-15-13-19/h6-7,9-10,18H,2-5,8,11-15H2,1H3. The summed E-state index contributed by atoms with van der Waals surface area (Å²) in [6.45, 7) is 7.00. The number of morpholine rings is 1. The zero-order chi connectivity index (χ0) is 14.0. The third kappa shape index (κ3) is 4.71. The molecule has 0 bridgehead atoms. The molecule has 0 amide bonds. The predicted molar refractivity (Wildman–Crippen MR) is 86.7 cm³/mol. The molecule has 3 nitrogen and oxygen atoms in total. The minimum absolute atomic E-state index is 0.839. The molecule has 0 spiro atoms. The van der Waals surface area contributed by atoms with Gasteiger partial charge >= 0.3 is 0 Å². The lowest BCUT2D eigenvalue weighted by Gasteiger charge is -2.30. The molecule has 3 heteroatoms. The minimum atomic E-state index is 0.839. The molecule has 1 aromatic carbocycles. The molecule has 112 valence electrons. The fourth-order valence-electron chi connectivity index (χ4n) is 2.65. The highest BCUT2D eigenvalue weighted by Crippen LogP contribution is 2.26. The van der Waals surface area contributed by atoms with Crippen LogP contribution in [0, 0.1) is 0 Å². The van der Waals surface area contributed by atoms with Crippen molar-refractivity contribution < 1.29 is 4.74 Å². The number of ether oxygens (including phenoxy) is 1. The first kappa shape index (κ1) is 15.2. The summed E-state index contributed by atoms with van der Waals surface area (Å²) in [6.07, 6.45) is 6.64. The number of anilines is 2. The lowest BCUT2D eigenvalue weighted by Crippen LogP contribution is -2.36. The number of nitrogens with zero attached hydrogens (tertiary/aromatic N) is 1. The van der Waals surface area contributed by atoms with Crippen molar-refractivity contribution in [2.24, 2.45) is 0 Å². The average molecular weight is 276 g/mol. The van der Waals surface area contributed by atoms with E-state index >= 15 is 0 Å². The second kappa shape index (κ2) is 8.85. The summed E-state index contributed by atoms with van der Waals surface area (Å²) in [4.78, 5) is 2.42. The Morgan fingerprint density at radius 3 is 2.60 bits per heavy atom. The van der Waals surface area contributed by atoms with Gasteiger partial charge in [0.15, 0.2) is 0 Å². The van der Waals surface area contributed by atoms with Crippen LogP contribution in [0.2, 0.25) is 0 Å². The first-order valence-corrected chi connectivity index (χ1v) is 8.07. The predicted octanol–water partition coefficient (Wildman–Crippen LogP) is 3.91. The molecule has 2 rings (SSSR count). The van der Waals surface area contributed by atoms with Crippen LogP contribution in [0.5, 0.6) is 0 Å². The van der Waals surface area contributed by atoms with Crippen LogP contribution >= 0.6 is 0 Å². The summed E-state index contributed by atoms with van der Waals surface area (Å²) in [5.74, 6) is 0. The molecule has 0 atom stereocenters. The van der Waals surface area contributed by atoms with Crippen molar-refractivity contribution in [2.75, 3.05) is 43.1 Å². The van der Waals surface area contributed by atoms with Crippen molar-refractivity contribution in [3.05, 3.63) is 24.3 Å². The summed E-state index contributed by atoms with van der Waals surface area (Å²) in [7, 11) is 0. The molecule has 0 aromatic heterocycles. The van der Waals surface area contributed by atoms with E-state index in [9.17, 15) is 0 Å². The Hall–Kier alpha value is -1.22. The van der Waals surface area contributed by atoms with Gasteiger partial charge in [-0.05, 0) is 18.6 Å². The molecule has 1 saturated heterocycles. The number of unbranched alkanes of at least 4 members (excludes halogenated alkanes) is 4. The highest BCUT2D eigenvalue weighted by molar-refractivity contribution is 5.70. The van der Waals surface area contributed by atoms with Gasteiger partial charge in [0, 0.05) is 19.6 Å². The summed E-state index contributed by atoms with van der Waals surface area (Å²) >= 11 is 0. The Bertz CT molecular complexity index is 375. The molecular formula is C17H28N2O. The molecule has 1 aliphatic rings. The third-order valence-electron chi connectivity index (χ3n) is 3.85. The Kier molecular flexibility index (Phi) is 6.72. The van der Waals surface area contributed by atoms with Crippen molar-refractivity contribution in [2.45, 2.75) is 39.0 Å². The highest BCUT2D eigenvalue weighted by atomic mass is 16.5. The SMILES string of the molecule is CCCCCCCNc1ccccc1N1CCOCC1. The van der Waals surface area contributed by atoms with Gasteiger partial charge in [0.25, 0.3) is 0 Å². The van der Waals surface area contributed by atoms with Gasteiger partial charge in [0.1, 0.15) is 0 Å². The van der Waals surface area contributed by atoms with Gasteiger partial charge in [-0.3, -0.25) is 0 Å². The molecular weight excluding hydrogens is 248 g/mol. The van der Waals surface area contributed by atoms with Crippen LogP contribution in [0.1, 0.15) is 39.0 Å². The van der Waals surface area contributed by atoms with Gasteiger partial charge in [-0.15, -0.1) is 0 Å². The molecule has 1 fully saturated rings. The van der Waals surface area contributed by atoms with Crippen molar-refractivity contribution in [3.8, 4) is 0 Å². The monoisotopic (exact) mass is 276 g/mol. The van der Waals surface area contributed by atoms with Crippen molar-refractivity contribution in [1.29, 1.82) is 0 Å². The van der Waals surface area contributed by atoms with E-state index < -0.39 is 0 Å². The average Bonchev–Trinajstić information content (AvgIpc) is 2.52. The molecule has 0 radical (unpaired) electrons. The summed E-state index contributed by atoms with van der Waals surface area (Å²) in [6, 6.07) is 8.64. The van der Waals surface area contributed by atoms with E-state index in [0.29, 0.717) is 0 Å². The largest absolute Gasteiger partial charge is 0.383 e. The molecule has 20 heavy (non-hydrogen) atoms. The second-order valence-electron chi connectivity index (χ2n) is 5.46. The Morgan fingerprint density at radius 2 is 1.80 bits per heavy atom. The van der Waals surface area contributed by atoms with Gasteiger partial charge < -0.3 is 15.0 Å². The normalized spacial score (nSPS) is 15.3. The van der Waals surface area contributed by atoms with Crippen LogP contribution in [0.25, 0.3) is 0 Å². The van der Waals surface area contributed by atoms with E-state index in [4.69, 9.17) is 4.74 Å². The maximum absolute atomic E-state index is 5.44. The van der Waals surface area contributed by atoms with E-state index in [-0.39, 0.29) is 0 Å². The maximum Gasteiger partial charge on any atom is 0.0642 e. The van der Waals surface area contributed by atoms with Gasteiger partial charge in [-0.1, -0.05) is 44.7 Å². The van der Waals surface area contributed by atoms with E-state index in [1.54, 1.807) is 0 Å². The van der Waals surface area contributed by atoms with E-state index in [1.165, 1.54) is 43.5 Å². The van der Waals surface area contributed by atoms with Crippen molar-refractivity contribution in [3.63, 3.8) is 0 Å². The zero-order valence-corrected chi connectivity index (χ0v) is 12.7. The van der Waals surface area contributed by atoms with Crippen LogP contribution in [0.4, 0.5) is 11.4 Å². The fraction of sp³-hybridized carbons (Fsp3) is 0.647. The first-order chi connectivity index (χ1) is 9.92. The highest BCUT2D eigenvalue weighted by Gasteiger charge is 2.13. The quantitative estimate of drug-likeness (QED) is 0.729. The number of nitrogens with one attached hydrogen (secondary N) is 1. The van der Waals surface area contributed by atoms with Crippen molar-refractivity contribution in [1.82, 2.24) is 0 Å². The van der Waals surface area contributed by atoms with E-state index in [2.05, 4.69) is 41.4 Å². The number of benzene rings is 1. The smallest absolute Gasteiger partial charge is 0.0642 e. The van der Waals surface area contributed by atoms with Gasteiger partial charge in [0.2, 0.25) is 0 Å². The van der Waals surface area contributed by atoms with Gasteiger partial charge in [-0.2, -0.15) is 0 Å². The van der Waals surface area contributed by atoms with E-state index in [1.807, 2.05) is 0 Å². The molecule has 0 saturated carbocycles. The van der Waals surface area contributed by atoms with Crippen LogP contribution in [-0.2, 0) is 4.74 Å². The van der Waals surface area contributed by atoms with Crippen LogP contribution in [-0.4, -0.2) is 32.8 Å². The lowest BCUT2D eigenvalue weighted by molar-refractivity contribution is 0.123. The number of hydrogen-bond acceptors (Lipinski definition) is 3. The Balaban J connectivity index is 1.81.